The number of rotatable bonds is 0. The number of hydrogen-bond donors (Lipinski definition) is 3. The minimum atomic E-state index is -0.657. The van der Waals surface area contributed by atoms with Gasteiger partial charge in [-0.15, -0.1) is 0 Å². The van der Waals surface area contributed by atoms with E-state index in [1.165, 1.54) is 0 Å². The van der Waals surface area contributed by atoms with E-state index in [4.69, 9.17) is 6.82 Å². The number of aromatic nitrogens is 3. The molecule has 0 atom stereocenters. The van der Waals surface area contributed by atoms with Crippen molar-refractivity contribution < 1.29 is 1.41 Å². The van der Waals surface area contributed by atoms with Crippen LogP contribution in [0.1, 0.15) is 0 Å². The summed E-state index contributed by atoms with van der Waals surface area (Å²) in [5.74, 6) is 0. The van der Waals surface area contributed by atoms with Crippen LogP contribution in [-0.2, 0) is 0 Å². The number of nitrogens with one attached hydrogen (secondary N) is 3. The van der Waals surface area contributed by atoms with Crippen molar-refractivity contribution in [3.63, 3.8) is 0 Å². The topological polar surface area (TPSA) is 85.4 Å². The molecule has 3 N–H and O–H groups in total. The van der Waals surface area contributed by atoms with Crippen LogP contribution < -0.4 is 11.3 Å². The molecule has 0 unspecified atom stereocenters. The number of hydrogen-bond acceptors (Lipinski definition) is 3. The molecule has 0 saturated heterocycles. The molecular formula is C3H4N4O. The van der Waals surface area contributed by atoms with Gasteiger partial charge in [-0.05, 0) is 0 Å². The van der Waals surface area contributed by atoms with E-state index >= 15 is 0 Å². The fourth-order valence-electron chi connectivity index (χ4n) is 0.305. The quantitative estimate of drug-likeness (QED) is 0.385. The molecule has 5 heteroatoms. The summed E-state index contributed by atoms with van der Waals surface area (Å²) in [6, 6.07) is 0. The van der Waals surface area contributed by atoms with Gasteiger partial charge in [0.2, 0.25) is 5.62 Å². The monoisotopic (exact) mass is 113 g/mol. The fraction of sp³-hybridized carbons (Fsp3) is 0. The summed E-state index contributed by atoms with van der Waals surface area (Å²) in [4.78, 5) is 16.3. The van der Waals surface area contributed by atoms with Crippen molar-refractivity contribution in [3.05, 3.63) is 22.4 Å². The molecule has 0 aromatic carbocycles. The molecule has 8 heavy (non-hydrogen) atoms. The van der Waals surface area contributed by atoms with Crippen LogP contribution in [0.3, 0.4) is 0 Å². The molecule has 0 radical (unpaired) electrons. The minimum Gasteiger partial charge on any atom is -0.298 e. The predicted octanol–water partition coefficient (Wildman–Crippen LogP) is -1.42. The Morgan fingerprint density at radius 3 is 3.25 bits per heavy atom. The minimum absolute atomic E-state index is 0.233. The number of aromatic amines is 2. The Balaban J connectivity index is 3.52. The molecule has 0 aliphatic rings. The molecule has 0 bridgehead atoms. The Hall–Kier alpha value is -1.39. The van der Waals surface area contributed by atoms with E-state index in [0.29, 0.717) is 4.98 Å². The third-order valence-electron chi connectivity index (χ3n) is 0.587. The summed E-state index contributed by atoms with van der Waals surface area (Å²) in [7, 11) is 0. The second kappa shape index (κ2) is 1.61. The van der Waals surface area contributed by atoms with Gasteiger partial charge in [-0.25, -0.2) is 9.78 Å². The van der Waals surface area contributed by atoms with E-state index in [1.54, 1.807) is 0 Å². The van der Waals surface area contributed by atoms with Crippen molar-refractivity contribution in [1.29, 1.82) is 5.41 Å². The van der Waals surface area contributed by atoms with Gasteiger partial charge in [-0.3, -0.25) is 15.4 Å². The summed E-state index contributed by atoms with van der Waals surface area (Å²) in [6.45, 7) is 0. The van der Waals surface area contributed by atoms with Crippen molar-refractivity contribution in [2.75, 3.05) is 0 Å². The average molecular weight is 113 g/mol. The smallest absolute Gasteiger partial charge is 0.298 e. The molecule has 1 aromatic heterocycles. The van der Waals surface area contributed by atoms with Gasteiger partial charge in [0.25, 0.3) is 0 Å². The molecule has 0 fully saturated rings. The van der Waals surface area contributed by atoms with Crippen LogP contribution >= 0.6 is 0 Å². The lowest BCUT2D eigenvalue weighted by Gasteiger charge is -1.77. The van der Waals surface area contributed by atoms with Crippen molar-refractivity contribution in [2.45, 2.75) is 0 Å². The van der Waals surface area contributed by atoms with Gasteiger partial charge in [-0.2, -0.15) is 0 Å². The highest BCUT2D eigenvalue weighted by Crippen LogP contribution is 1.40. The Kier molecular flexibility index (Phi) is 0.722. The molecule has 5 nitrogen and oxygen atoms in total. The first-order chi connectivity index (χ1) is 4.20. The molecule has 0 aliphatic carbocycles. The van der Waals surface area contributed by atoms with Gasteiger partial charge >= 0.3 is 5.69 Å². The molecular weight excluding hydrogens is 108 g/mol. The van der Waals surface area contributed by atoms with Gasteiger partial charge in [0.05, 0.1) is 0 Å². The van der Waals surface area contributed by atoms with E-state index in [-0.39, 0.29) is 5.62 Å². The zero-order valence-corrected chi connectivity index (χ0v) is 3.88. The van der Waals surface area contributed by atoms with E-state index < -0.39 is 5.69 Å². The summed E-state index contributed by atoms with van der Waals surface area (Å²) < 4.78 is 6.74. The van der Waals surface area contributed by atoms with Crippen molar-refractivity contribution >= 4 is 0 Å². The maximum absolute atomic E-state index is 10.4. The van der Waals surface area contributed by atoms with E-state index in [1.807, 2.05) is 4.98 Å². The average Bonchev–Trinajstić information content (AvgIpc) is 1.80. The van der Waals surface area contributed by atoms with Crippen LogP contribution in [0.15, 0.2) is 11.1 Å². The Morgan fingerprint density at radius 1 is 2.00 bits per heavy atom. The Bertz CT molecular complexity index is 312. The van der Waals surface area contributed by atoms with E-state index in [0.717, 1.165) is 6.33 Å². The predicted molar refractivity (Wildman–Crippen MR) is 25.1 cm³/mol. The van der Waals surface area contributed by atoms with Crippen molar-refractivity contribution in [3.8, 4) is 0 Å². The lowest BCUT2D eigenvalue weighted by Crippen LogP contribution is -2.23. The van der Waals surface area contributed by atoms with Gasteiger partial charge < -0.3 is 0 Å². The third-order valence-corrected chi connectivity index (χ3v) is 0.587. The largest absolute Gasteiger partial charge is 0.326 e. The first-order valence-corrected chi connectivity index (χ1v) is 1.92. The van der Waals surface area contributed by atoms with Crippen LogP contribution in [0.5, 0.6) is 0 Å². The summed E-state index contributed by atoms with van der Waals surface area (Å²) in [6.07, 6.45) is 0.959. The van der Waals surface area contributed by atoms with E-state index in [2.05, 4.69) is 4.98 Å². The third kappa shape index (κ3) is 0.810. The van der Waals surface area contributed by atoms with Gasteiger partial charge in [-0.1, -0.05) is 0 Å². The molecule has 0 saturated carbocycles. The summed E-state index contributed by atoms with van der Waals surface area (Å²) >= 11 is 0. The Labute approximate surface area is 45.4 Å². The number of nitrogens with zero attached hydrogens (tertiary/aromatic N) is 1. The lowest BCUT2D eigenvalue weighted by atomic mass is 11.0. The van der Waals surface area contributed by atoms with Gasteiger partial charge in [0.1, 0.15) is 6.33 Å². The van der Waals surface area contributed by atoms with Crippen LogP contribution in [0.2, 0.25) is 1.41 Å². The fourth-order valence-corrected chi connectivity index (χ4v) is 0.305. The van der Waals surface area contributed by atoms with Crippen LogP contribution in [0.25, 0.3) is 0 Å². The lowest BCUT2D eigenvalue weighted by molar-refractivity contribution is 0.875. The maximum Gasteiger partial charge on any atom is 0.326 e. The molecule has 1 rings (SSSR count). The zero-order valence-electron chi connectivity index (χ0n) is 4.88. The van der Waals surface area contributed by atoms with Gasteiger partial charge in [0.15, 0.2) is 1.41 Å². The first kappa shape index (κ1) is 3.59. The van der Waals surface area contributed by atoms with Crippen molar-refractivity contribution in [1.82, 2.24) is 14.9 Å². The molecule has 1 heterocycles. The van der Waals surface area contributed by atoms with Crippen LogP contribution in [0.4, 0.5) is 0 Å². The van der Waals surface area contributed by atoms with E-state index in [9.17, 15) is 4.79 Å². The normalized spacial score (nSPS) is 10.8. The molecule has 0 amide bonds. The van der Waals surface area contributed by atoms with Crippen molar-refractivity contribution in [2.24, 2.45) is 0 Å². The second-order valence-electron chi connectivity index (χ2n) is 1.15. The second-order valence-corrected chi connectivity index (χ2v) is 1.15. The molecule has 0 spiro atoms. The zero-order chi connectivity index (χ0) is 6.85. The van der Waals surface area contributed by atoms with Crippen LogP contribution in [0, 0.1) is 5.41 Å². The first-order valence-electron chi connectivity index (χ1n) is 2.36. The molecule has 1 aromatic rings. The molecule has 42 valence electrons. The van der Waals surface area contributed by atoms with Gasteiger partial charge in [0, 0.05) is 0 Å². The highest BCUT2D eigenvalue weighted by molar-refractivity contribution is 4.54. The molecule has 0 aliphatic heterocycles. The highest BCUT2D eigenvalue weighted by Gasteiger charge is 1.75. The Morgan fingerprint density at radius 2 is 2.75 bits per heavy atom. The highest BCUT2D eigenvalue weighted by atomic mass is 16.1. The number of H-pyrrole nitrogens is 2. The van der Waals surface area contributed by atoms with Crippen LogP contribution in [-0.4, -0.2) is 14.9 Å². The maximum atomic E-state index is 10.4. The SMILES string of the molecule is [2H]n1cnc(=N)[nH]c1=O. The standard InChI is InChI=1S/C3H4N4O/c4-2-5-1-6-3(8)7-2/h1H,(H3,4,5,6,7,8)/i/hD. The summed E-state index contributed by atoms with van der Waals surface area (Å²) in [5, 5.41) is 6.77. The summed E-state index contributed by atoms with van der Waals surface area (Å²) in [5.41, 5.74) is -0.890.